The molecule has 1 aromatic heterocycles. The first kappa shape index (κ1) is 17.0. The summed E-state index contributed by atoms with van der Waals surface area (Å²) in [7, 11) is 0. The summed E-state index contributed by atoms with van der Waals surface area (Å²) in [5, 5.41) is 4.18. The molecule has 6 heteroatoms. The van der Waals surface area contributed by atoms with E-state index in [1.165, 1.54) is 5.56 Å². The third-order valence-corrected chi connectivity index (χ3v) is 6.87. The highest BCUT2D eigenvalue weighted by atomic mass is 32.1. The fourth-order valence-electron chi connectivity index (χ4n) is 4.47. The number of rotatable bonds is 4. The van der Waals surface area contributed by atoms with E-state index in [0.717, 1.165) is 45.2 Å². The lowest BCUT2D eigenvalue weighted by Crippen LogP contribution is -2.46. The predicted molar refractivity (Wildman–Crippen MR) is 96.2 cm³/mol. The molecule has 2 atom stereocenters. The van der Waals surface area contributed by atoms with E-state index >= 15 is 0 Å². The van der Waals surface area contributed by atoms with E-state index in [9.17, 15) is 9.59 Å². The Morgan fingerprint density at radius 3 is 2.80 bits per heavy atom. The molecule has 1 aliphatic carbocycles. The molecule has 0 unspecified atom stereocenters. The van der Waals surface area contributed by atoms with Crippen molar-refractivity contribution in [1.29, 1.82) is 0 Å². The number of hydrogen-bond acceptors (Lipinski definition) is 4. The first-order valence-corrected chi connectivity index (χ1v) is 10.2. The minimum atomic E-state index is -0.212. The third-order valence-electron chi connectivity index (χ3n) is 6.14. The van der Waals surface area contributed by atoms with E-state index in [1.807, 2.05) is 9.80 Å². The van der Waals surface area contributed by atoms with Crippen LogP contribution in [0.5, 0.6) is 0 Å². The molecule has 1 aromatic rings. The minimum Gasteiger partial charge on any atom is -0.368 e. The number of thiophene rings is 1. The molecule has 2 saturated heterocycles. The smallest absolute Gasteiger partial charge is 0.251 e. The monoisotopic (exact) mass is 362 g/mol. The van der Waals surface area contributed by atoms with Crippen LogP contribution in [0.25, 0.3) is 0 Å². The molecule has 0 radical (unpaired) electrons. The van der Waals surface area contributed by atoms with Crippen molar-refractivity contribution in [3.8, 4) is 0 Å². The fourth-order valence-corrected chi connectivity index (χ4v) is 5.13. The Hall–Kier alpha value is -1.40. The Morgan fingerprint density at radius 1 is 1.40 bits per heavy atom. The van der Waals surface area contributed by atoms with Gasteiger partial charge in [-0.05, 0) is 59.9 Å². The zero-order valence-corrected chi connectivity index (χ0v) is 15.6. The van der Waals surface area contributed by atoms with Gasteiger partial charge in [0.1, 0.15) is 6.10 Å². The van der Waals surface area contributed by atoms with Gasteiger partial charge < -0.3 is 14.5 Å². The molecule has 3 heterocycles. The van der Waals surface area contributed by atoms with Crippen molar-refractivity contribution in [1.82, 2.24) is 9.80 Å². The zero-order valence-electron chi connectivity index (χ0n) is 14.8. The second-order valence-electron chi connectivity index (χ2n) is 7.69. The largest absolute Gasteiger partial charge is 0.368 e. The van der Waals surface area contributed by atoms with Crippen LogP contribution < -0.4 is 0 Å². The van der Waals surface area contributed by atoms with Crippen molar-refractivity contribution in [3.63, 3.8) is 0 Å². The van der Waals surface area contributed by atoms with Crippen LogP contribution in [0.15, 0.2) is 16.8 Å². The average molecular weight is 362 g/mol. The summed E-state index contributed by atoms with van der Waals surface area (Å²) in [6.45, 7) is 4.71. The number of piperidine rings is 1. The molecule has 2 amide bonds. The van der Waals surface area contributed by atoms with E-state index in [-0.39, 0.29) is 23.3 Å². The van der Waals surface area contributed by atoms with Crippen molar-refractivity contribution in [2.45, 2.75) is 57.7 Å². The van der Waals surface area contributed by atoms with E-state index in [4.69, 9.17) is 4.74 Å². The maximum absolute atomic E-state index is 12.5. The molecule has 1 saturated carbocycles. The van der Waals surface area contributed by atoms with E-state index in [0.29, 0.717) is 19.2 Å². The summed E-state index contributed by atoms with van der Waals surface area (Å²) in [6, 6.07) is 2.43. The van der Waals surface area contributed by atoms with Crippen LogP contribution in [-0.2, 0) is 20.9 Å². The molecular formula is C19H26N2O3S. The number of likely N-dealkylation sites (tertiary alicyclic amines) is 1. The predicted octanol–water partition coefficient (Wildman–Crippen LogP) is 2.66. The standard InChI is InChI=1S/C19H26N2O3S/c1-14(22)21(12-15-4-10-25-13-15)17-11-19(17)5-7-20(8-6-19)18(23)16-3-2-9-24-16/h4,10,13,16-17H,2-3,5-9,11-12H2,1H3/t16-,17+/m0/s1. The fraction of sp³-hybridized carbons (Fsp3) is 0.684. The third kappa shape index (κ3) is 3.34. The quantitative estimate of drug-likeness (QED) is 0.827. The van der Waals surface area contributed by atoms with Gasteiger partial charge in [0, 0.05) is 39.2 Å². The van der Waals surface area contributed by atoms with Gasteiger partial charge in [0.25, 0.3) is 5.91 Å². The van der Waals surface area contributed by atoms with Crippen LogP contribution in [0, 0.1) is 5.41 Å². The lowest BCUT2D eigenvalue weighted by molar-refractivity contribution is -0.143. The summed E-state index contributed by atoms with van der Waals surface area (Å²) in [5.74, 6) is 0.331. The molecule has 25 heavy (non-hydrogen) atoms. The molecule has 3 aliphatic rings. The van der Waals surface area contributed by atoms with Crippen molar-refractivity contribution in [3.05, 3.63) is 22.4 Å². The molecule has 3 fully saturated rings. The number of nitrogens with zero attached hydrogens (tertiary/aromatic N) is 2. The van der Waals surface area contributed by atoms with Gasteiger partial charge in [0.15, 0.2) is 0 Å². The number of hydrogen-bond donors (Lipinski definition) is 0. The van der Waals surface area contributed by atoms with Crippen LogP contribution in [0.3, 0.4) is 0 Å². The number of ether oxygens (including phenoxy) is 1. The highest BCUT2D eigenvalue weighted by Crippen LogP contribution is 2.57. The second-order valence-corrected chi connectivity index (χ2v) is 8.47. The Balaban J connectivity index is 1.35. The minimum absolute atomic E-state index is 0.158. The molecule has 1 spiro atoms. The molecule has 0 bridgehead atoms. The lowest BCUT2D eigenvalue weighted by Gasteiger charge is -2.35. The molecule has 0 aromatic carbocycles. The van der Waals surface area contributed by atoms with Crippen LogP contribution in [0.1, 0.15) is 44.6 Å². The molecule has 136 valence electrons. The summed E-state index contributed by atoms with van der Waals surface area (Å²) in [4.78, 5) is 28.7. The van der Waals surface area contributed by atoms with Crippen LogP contribution in [-0.4, -0.2) is 53.5 Å². The van der Waals surface area contributed by atoms with Crippen molar-refractivity contribution in [2.24, 2.45) is 5.41 Å². The van der Waals surface area contributed by atoms with Gasteiger partial charge in [-0.2, -0.15) is 11.3 Å². The Kier molecular flexibility index (Phi) is 4.58. The van der Waals surface area contributed by atoms with Gasteiger partial charge >= 0.3 is 0 Å². The SMILES string of the molecule is CC(=O)N(Cc1ccsc1)[C@@H]1CC12CCN(C(=O)[C@@H]1CCCO1)CC2. The summed E-state index contributed by atoms with van der Waals surface area (Å²) in [6.07, 6.45) is 4.73. The molecule has 4 rings (SSSR count). The summed E-state index contributed by atoms with van der Waals surface area (Å²) >= 11 is 1.67. The second kappa shape index (κ2) is 6.72. The molecule has 0 N–H and O–H groups in total. The normalized spacial score (nSPS) is 27.5. The Bertz CT molecular complexity index is 631. The van der Waals surface area contributed by atoms with Crippen LogP contribution in [0.2, 0.25) is 0 Å². The van der Waals surface area contributed by atoms with Crippen LogP contribution in [0.4, 0.5) is 0 Å². The zero-order chi connectivity index (χ0) is 17.4. The molecule has 2 aliphatic heterocycles. The van der Waals surface area contributed by atoms with Crippen molar-refractivity contribution >= 4 is 23.2 Å². The Morgan fingerprint density at radius 2 is 2.20 bits per heavy atom. The number of carbonyl (C=O) groups is 2. The van der Waals surface area contributed by atoms with Gasteiger partial charge in [-0.1, -0.05) is 0 Å². The van der Waals surface area contributed by atoms with E-state index < -0.39 is 0 Å². The van der Waals surface area contributed by atoms with E-state index in [2.05, 4.69) is 16.8 Å². The highest BCUT2D eigenvalue weighted by molar-refractivity contribution is 7.07. The lowest BCUT2D eigenvalue weighted by atomic mass is 9.91. The number of amides is 2. The topological polar surface area (TPSA) is 49.9 Å². The highest BCUT2D eigenvalue weighted by Gasteiger charge is 2.58. The van der Waals surface area contributed by atoms with Crippen LogP contribution >= 0.6 is 11.3 Å². The maximum atomic E-state index is 12.5. The van der Waals surface area contributed by atoms with Crippen molar-refractivity contribution in [2.75, 3.05) is 19.7 Å². The average Bonchev–Trinajstić information content (AvgIpc) is 3.07. The van der Waals surface area contributed by atoms with Gasteiger partial charge in [-0.3, -0.25) is 9.59 Å². The van der Waals surface area contributed by atoms with Gasteiger partial charge in [-0.25, -0.2) is 0 Å². The van der Waals surface area contributed by atoms with Gasteiger partial charge in [0.05, 0.1) is 0 Å². The van der Waals surface area contributed by atoms with Crippen molar-refractivity contribution < 1.29 is 14.3 Å². The summed E-state index contributed by atoms with van der Waals surface area (Å²) in [5.41, 5.74) is 1.45. The van der Waals surface area contributed by atoms with Gasteiger partial charge in [0.2, 0.25) is 5.91 Å². The maximum Gasteiger partial charge on any atom is 0.251 e. The molecule has 5 nitrogen and oxygen atoms in total. The summed E-state index contributed by atoms with van der Waals surface area (Å²) < 4.78 is 5.54. The Labute approximate surface area is 152 Å². The molecular weight excluding hydrogens is 336 g/mol. The first-order chi connectivity index (χ1) is 12.1. The van der Waals surface area contributed by atoms with E-state index in [1.54, 1.807) is 18.3 Å². The first-order valence-electron chi connectivity index (χ1n) is 9.28. The number of carbonyl (C=O) groups excluding carboxylic acids is 2. The van der Waals surface area contributed by atoms with Gasteiger partial charge in [-0.15, -0.1) is 0 Å².